The summed E-state index contributed by atoms with van der Waals surface area (Å²) in [5.41, 5.74) is 6.08. The van der Waals surface area contributed by atoms with E-state index in [-0.39, 0.29) is 0 Å². The molecule has 1 aliphatic rings. The molecule has 0 saturated carbocycles. The third kappa shape index (κ3) is 2.57. The Morgan fingerprint density at radius 3 is 2.58 bits per heavy atom. The summed E-state index contributed by atoms with van der Waals surface area (Å²) >= 11 is 4.20. The number of hydrogen-bond acceptors (Lipinski definition) is 3. The minimum Gasteiger partial charge on any atom is -0.327 e. The van der Waals surface area contributed by atoms with Crippen LogP contribution in [0.5, 0.6) is 0 Å². The van der Waals surface area contributed by atoms with E-state index in [1.807, 2.05) is 0 Å². The van der Waals surface area contributed by atoms with E-state index < -0.39 is 0 Å². The van der Waals surface area contributed by atoms with Crippen molar-refractivity contribution in [2.24, 2.45) is 5.73 Å². The zero-order chi connectivity index (χ0) is 8.97. The quantitative estimate of drug-likeness (QED) is 0.766. The van der Waals surface area contributed by atoms with Crippen molar-refractivity contribution in [1.29, 1.82) is 0 Å². The van der Waals surface area contributed by atoms with Crippen LogP contribution < -0.4 is 5.73 Å². The summed E-state index contributed by atoms with van der Waals surface area (Å²) in [6.45, 7) is 4.47. The van der Waals surface area contributed by atoms with E-state index in [9.17, 15) is 0 Å². The van der Waals surface area contributed by atoms with Crippen LogP contribution in [0.4, 0.5) is 0 Å². The van der Waals surface area contributed by atoms with Crippen molar-refractivity contribution in [2.45, 2.75) is 43.2 Å². The van der Waals surface area contributed by atoms with Crippen LogP contribution >= 0.6 is 23.5 Å². The van der Waals surface area contributed by atoms with Crippen LogP contribution in [0.1, 0.15) is 26.7 Å². The molecule has 1 heterocycles. The van der Waals surface area contributed by atoms with E-state index in [1.165, 1.54) is 17.9 Å². The van der Waals surface area contributed by atoms with E-state index in [0.29, 0.717) is 11.3 Å². The first-order valence-corrected chi connectivity index (χ1v) is 6.88. The van der Waals surface area contributed by atoms with Crippen LogP contribution in [-0.2, 0) is 0 Å². The maximum absolute atomic E-state index is 6.08. The second kappa shape index (κ2) is 5.40. The van der Waals surface area contributed by atoms with E-state index in [2.05, 4.69) is 37.4 Å². The van der Waals surface area contributed by atoms with Gasteiger partial charge >= 0.3 is 0 Å². The fourth-order valence-corrected chi connectivity index (χ4v) is 4.86. The zero-order valence-electron chi connectivity index (χ0n) is 7.95. The molecule has 1 rings (SSSR count). The summed E-state index contributed by atoms with van der Waals surface area (Å²) in [6, 6.07) is 0.410. The Morgan fingerprint density at radius 1 is 1.33 bits per heavy atom. The Labute approximate surface area is 84.2 Å². The highest BCUT2D eigenvalue weighted by Gasteiger charge is 2.28. The van der Waals surface area contributed by atoms with Crippen LogP contribution in [0.15, 0.2) is 0 Å². The molecule has 0 aromatic rings. The standard InChI is InChI=1S/C9H19NS2/c1-3-7(10)9-8(4-2)11-5-6-12-9/h7-9H,3-6,10H2,1-2H3/t7-,8?,9?/m1/s1. The molecule has 1 saturated heterocycles. The Kier molecular flexibility index (Phi) is 4.84. The fraction of sp³-hybridized carbons (Fsp3) is 1.00. The number of hydrogen-bond donors (Lipinski definition) is 1. The second-order valence-corrected chi connectivity index (χ2v) is 5.86. The molecular weight excluding hydrogens is 186 g/mol. The van der Waals surface area contributed by atoms with Crippen LogP contribution in [-0.4, -0.2) is 28.0 Å². The first kappa shape index (κ1) is 10.7. The molecule has 0 bridgehead atoms. The molecule has 2 N–H and O–H groups in total. The van der Waals surface area contributed by atoms with Gasteiger partial charge in [0.2, 0.25) is 0 Å². The van der Waals surface area contributed by atoms with Gasteiger partial charge in [0.1, 0.15) is 0 Å². The molecule has 0 aliphatic carbocycles. The molecule has 72 valence electrons. The molecule has 1 nitrogen and oxygen atoms in total. The summed E-state index contributed by atoms with van der Waals surface area (Å²) in [5.74, 6) is 2.61. The van der Waals surface area contributed by atoms with Crippen molar-refractivity contribution < 1.29 is 0 Å². The van der Waals surface area contributed by atoms with Crippen molar-refractivity contribution >= 4 is 23.5 Å². The molecule has 12 heavy (non-hydrogen) atoms. The van der Waals surface area contributed by atoms with E-state index in [1.54, 1.807) is 0 Å². The summed E-state index contributed by atoms with van der Waals surface area (Å²) in [6.07, 6.45) is 2.39. The van der Waals surface area contributed by atoms with Crippen LogP contribution in [0.3, 0.4) is 0 Å². The van der Waals surface area contributed by atoms with Gasteiger partial charge in [-0.3, -0.25) is 0 Å². The van der Waals surface area contributed by atoms with Gasteiger partial charge in [0.25, 0.3) is 0 Å². The molecule has 2 unspecified atom stereocenters. The molecular formula is C9H19NS2. The normalized spacial score (nSPS) is 33.2. The van der Waals surface area contributed by atoms with Crippen molar-refractivity contribution in [3.8, 4) is 0 Å². The van der Waals surface area contributed by atoms with Crippen molar-refractivity contribution in [3.05, 3.63) is 0 Å². The average molecular weight is 205 g/mol. The number of thioether (sulfide) groups is 2. The highest BCUT2D eigenvalue weighted by Crippen LogP contribution is 2.35. The minimum atomic E-state index is 0.410. The van der Waals surface area contributed by atoms with Crippen LogP contribution in [0, 0.1) is 0 Å². The topological polar surface area (TPSA) is 26.0 Å². The molecule has 0 radical (unpaired) electrons. The molecule has 0 amide bonds. The van der Waals surface area contributed by atoms with Gasteiger partial charge in [0.05, 0.1) is 0 Å². The molecule has 1 fully saturated rings. The monoisotopic (exact) mass is 205 g/mol. The molecule has 0 aromatic heterocycles. The van der Waals surface area contributed by atoms with Crippen molar-refractivity contribution in [1.82, 2.24) is 0 Å². The SMILES string of the molecule is CCC1SCCSC1[C@H](N)CC. The van der Waals surface area contributed by atoms with Crippen molar-refractivity contribution in [2.75, 3.05) is 11.5 Å². The summed E-state index contributed by atoms with van der Waals surface area (Å²) in [5, 5.41) is 1.51. The lowest BCUT2D eigenvalue weighted by molar-refractivity contribution is 0.585. The van der Waals surface area contributed by atoms with E-state index >= 15 is 0 Å². The lowest BCUT2D eigenvalue weighted by Gasteiger charge is -2.33. The first-order chi connectivity index (χ1) is 5.79. The van der Waals surface area contributed by atoms with Crippen molar-refractivity contribution in [3.63, 3.8) is 0 Å². The van der Waals surface area contributed by atoms with E-state index in [4.69, 9.17) is 5.73 Å². The Balaban J connectivity index is 2.46. The first-order valence-electron chi connectivity index (χ1n) is 4.78. The lowest BCUT2D eigenvalue weighted by Crippen LogP contribution is -2.41. The maximum atomic E-state index is 6.08. The largest absolute Gasteiger partial charge is 0.327 e. The summed E-state index contributed by atoms with van der Waals surface area (Å²) in [4.78, 5) is 0. The van der Waals surface area contributed by atoms with Gasteiger partial charge in [-0.15, -0.1) is 0 Å². The third-order valence-corrected chi connectivity index (χ3v) is 5.82. The van der Waals surface area contributed by atoms with Gasteiger partial charge in [-0.25, -0.2) is 0 Å². The van der Waals surface area contributed by atoms with Gasteiger partial charge in [0, 0.05) is 28.0 Å². The van der Waals surface area contributed by atoms with Crippen LogP contribution in [0.25, 0.3) is 0 Å². The molecule has 3 heteroatoms. The second-order valence-electron chi connectivity index (χ2n) is 3.23. The summed E-state index contributed by atoms with van der Waals surface area (Å²) in [7, 11) is 0. The molecule has 0 spiro atoms. The third-order valence-electron chi connectivity index (χ3n) is 2.39. The number of rotatable bonds is 3. The van der Waals surface area contributed by atoms with E-state index in [0.717, 1.165) is 11.7 Å². The zero-order valence-corrected chi connectivity index (χ0v) is 9.59. The van der Waals surface area contributed by atoms with Gasteiger partial charge in [-0.05, 0) is 12.8 Å². The van der Waals surface area contributed by atoms with Gasteiger partial charge in [0.15, 0.2) is 0 Å². The lowest BCUT2D eigenvalue weighted by atomic mass is 10.1. The predicted molar refractivity (Wildman–Crippen MR) is 61.0 cm³/mol. The highest BCUT2D eigenvalue weighted by atomic mass is 32.2. The molecule has 3 atom stereocenters. The average Bonchev–Trinajstić information content (AvgIpc) is 2.16. The summed E-state index contributed by atoms with van der Waals surface area (Å²) < 4.78 is 0. The molecule has 0 aromatic carbocycles. The smallest absolute Gasteiger partial charge is 0.0317 e. The predicted octanol–water partition coefficient (Wildman–Crippen LogP) is 2.35. The Hall–Kier alpha value is 0.660. The van der Waals surface area contributed by atoms with Crippen LogP contribution in [0.2, 0.25) is 0 Å². The van der Waals surface area contributed by atoms with Gasteiger partial charge < -0.3 is 5.73 Å². The maximum Gasteiger partial charge on any atom is 0.0317 e. The highest BCUT2D eigenvalue weighted by molar-refractivity contribution is 8.07. The number of nitrogens with two attached hydrogens (primary N) is 1. The van der Waals surface area contributed by atoms with Gasteiger partial charge in [-0.1, -0.05) is 13.8 Å². The fourth-order valence-electron chi connectivity index (χ4n) is 1.57. The Morgan fingerprint density at radius 2 is 2.00 bits per heavy atom. The van der Waals surface area contributed by atoms with Gasteiger partial charge in [-0.2, -0.15) is 23.5 Å². The molecule has 1 aliphatic heterocycles. The minimum absolute atomic E-state index is 0.410. The Bertz CT molecular complexity index is 130.